The van der Waals surface area contributed by atoms with Crippen LogP contribution in [0.5, 0.6) is 0 Å². The van der Waals surface area contributed by atoms with E-state index in [4.69, 9.17) is 0 Å². The molecule has 0 atom stereocenters. The molecule has 0 aliphatic heterocycles. The molecular weight excluding hydrogens is 298 g/mol. The van der Waals surface area contributed by atoms with Crippen LogP contribution < -0.4 is 4.72 Å². The third kappa shape index (κ3) is 2.37. The fourth-order valence-corrected chi connectivity index (χ4v) is 2.99. The molecule has 108 valence electrons. The van der Waals surface area contributed by atoms with Crippen LogP contribution in [-0.2, 0) is 4.79 Å². The van der Waals surface area contributed by atoms with E-state index in [0.717, 1.165) is 0 Å². The number of carbonyl (C=O) groups excluding carboxylic acids is 3. The molecule has 0 heterocycles. The fourth-order valence-electron chi connectivity index (χ4n) is 2.43. The average molecular weight is 309 g/mol. The zero-order valence-electron chi connectivity index (χ0n) is 11.5. The first-order valence-corrected chi connectivity index (χ1v) is 7.61. The van der Waals surface area contributed by atoms with Crippen LogP contribution in [0.2, 0.25) is 0 Å². The minimum absolute atomic E-state index is 0.147. The van der Waals surface area contributed by atoms with Crippen molar-refractivity contribution in [3.05, 3.63) is 70.8 Å². The van der Waals surface area contributed by atoms with Gasteiger partial charge in [-0.2, -0.15) is 0 Å². The number of hydrogen-bond acceptors (Lipinski definition) is 5. The highest BCUT2D eigenvalue weighted by molar-refractivity contribution is 8.00. The zero-order valence-corrected chi connectivity index (χ0v) is 12.3. The summed E-state index contributed by atoms with van der Waals surface area (Å²) in [5.74, 6) is 1.80. The molecule has 5 heteroatoms. The Morgan fingerprint density at radius 1 is 0.955 bits per heavy atom. The number of rotatable bonds is 4. The molecule has 0 fully saturated rings. The molecule has 2 aromatic rings. The van der Waals surface area contributed by atoms with E-state index in [0.29, 0.717) is 33.7 Å². The van der Waals surface area contributed by atoms with Gasteiger partial charge in [0.2, 0.25) is 0 Å². The van der Waals surface area contributed by atoms with Crippen molar-refractivity contribution in [3.63, 3.8) is 0 Å². The summed E-state index contributed by atoms with van der Waals surface area (Å²) in [6.45, 7) is 0. The number of ketones is 2. The molecule has 4 nitrogen and oxygen atoms in total. The number of hydrogen-bond donors (Lipinski definition) is 1. The summed E-state index contributed by atoms with van der Waals surface area (Å²) in [4.78, 5) is 35.4. The van der Waals surface area contributed by atoms with Gasteiger partial charge in [-0.05, 0) is 18.0 Å². The Hall–Kier alpha value is -2.62. The van der Waals surface area contributed by atoms with E-state index in [1.54, 1.807) is 48.4 Å². The first-order chi connectivity index (χ1) is 10.7. The highest BCUT2D eigenvalue weighted by Crippen LogP contribution is 2.32. The molecule has 1 N–H and O–H groups in total. The number of carbonyl (C=O) groups is 2. The van der Waals surface area contributed by atoms with Crippen LogP contribution in [0.3, 0.4) is 0 Å². The van der Waals surface area contributed by atoms with Crippen LogP contribution in [0.25, 0.3) is 0 Å². The molecule has 0 amide bonds. The van der Waals surface area contributed by atoms with Crippen LogP contribution >= 0.6 is 11.9 Å². The van der Waals surface area contributed by atoms with Gasteiger partial charge in [0, 0.05) is 28.5 Å². The zero-order chi connectivity index (χ0) is 15.5. The highest BCUT2D eigenvalue weighted by atomic mass is 32.2. The van der Waals surface area contributed by atoms with Crippen LogP contribution in [0.15, 0.2) is 48.5 Å². The van der Waals surface area contributed by atoms with Crippen molar-refractivity contribution in [2.24, 2.45) is 0 Å². The van der Waals surface area contributed by atoms with Crippen LogP contribution in [0.4, 0.5) is 5.69 Å². The predicted octanol–water partition coefficient (Wildman–Crippen LogP) is 2.91. The van der Waals surface area contributed by atoms with Crippen molar-refractivity contribution in [3.8, 4) is 0 Å². The lowest BCUT2D eigenvalue weighted by Crippen LogP contribution is -2.21. The molecule has 0 spiro atoms. The Kier molecular flexibility index (Phi) is 3.92. The number of anilines is 1. The van der Waals surface area contributed by atoms with Gasteiger partial charge in [-0.15, -0.1) is 0 Å². The lowest BCUT2D eigenvalue weighted by atomic mass is 9.83. The van der Waals surface area contributed by atoms with E-state index >= 15 is 0 Å². The second kappa shape index (κ2) is 6.02. The number of fused-ring (bicyclic) bond motifs is 2. The summed E-state index contributed by atoms with van der Waals surface area (Å²) >= 11 is 1.26. The molecule has 22 heavy (non-hydrogen) atoms. The third-order valence-electron chi connectivity index (χ3n) is 3.38. The van der Waals surface area contributed by atoms with E-state index in [2.05, 4.69) is 4.72 Å². The summed E-state index contributed by atoms with van der Waals surface area (Å²) in [7, 11) is 0. The molecule has 0 aromatic heterocycles. The summed E-state index contributed by atoms with van der Waals surface area (Å²) < 4.78 is 3.02. The second-order valence-corrected chi connectivity index (χ2v) is 5.49. The maximum atomic E-state index is 12.7. The SMILES string of the molecule is O=C=CCSNc1cccc2c1C(=O)c1ccccc1C2=O. The largest absolute Gasteiger partial charge is 0.329 e. The molecule has 0 radical (unpaired) electrons. The van der Waals surface area contributed by atoms with Gasteiger partial charge >= 0.3 is 0 Å². The Bertz CT molecular complexity index is 822. The Labute approximate surface area is 131 Å². The minimum atomic E-state index is -0.167. The maximum Gasteiger partial charge on any atom is 0.196 e. The molecule has 1 aliphatic rings. The van der Waals surface area contributed by atoms with Crippen molar-refractivity contribution in [1.29, 1.82) is 0 Å². The van der Waals surface area contributed by atoms with Crippen molar-refractivity contribution in [2.75, 3.05) is 10.5 Å². The van der Waals surface area contributed by atoms with Crippen molar-refractivity contribution in [1.82, 2.24) is 0 Å². The summed E-state index contributed by atoms with van der Waals surface area (Å²) in [6, 6.07) is 12.0. The average Bonchev–Trinajstić information content (AvgIpc) is 2.56. The lowest BCUT2D eigenvalue weighted by molar-refractivity contribution is 0.0979. The van der Waals surface area contributed by atoms with Gasteiger partial charge in [-0.25, -0.2) is 4.79 Å². The van der Waals surface area contributed by atoms with E-state index in [1.807, 2.05) is 0 Å². The van der Waals surface area contributed by atoms with Crippen LogP contribution in [0.1, 0.15) is 31.8 Å². The lowest BCUT2D eigenvalue weighted by Gasteiger charge is -2.20. The van der Waals surface area contributed by atoms with Gasteiger partial charge in [0.15, 0.2) is 11.6 Å². The molecule has 0 saturated carbocycles. The standard InChI is InChI=1S/C17H11NO3S/c19-9-4-10-22-18-14-8-3-7-13-15(14)17(21)12-6-2-1-5-11(12)16(13)20/h1-8,18H,10H2. The van der Waals surface area contributed by atoms with Gasteiger partial charge in [-0.1, -0.05) is 36.4 Å². The van der Waals surface area contributed by atoms with Gasteiger partial charge in [0.05, 0.1) is 11.3 Å². The van der Waals surface area contributed by atoms with Crippen molar-refractivity contribution in [2.45, 2.75) is 0 Å². The van der Waals surface area contributed by atoms with Gasteiger partial charge in [0.1, 0.15) is 5.94 Å². The highest BCUT2D eigenvalue weighted by Gasteiger charge is 2.31. The second-order valence-electron chi connectivity index (χ2n) is 4.67. The van der Waals surface area contributed by atoms with Gasteiger partial charge in [0.25, 0.3) is 0 Å². The molecule has 0 unspecified atom stereocenters. The summed E-state index contributed by atoms with van der Waals surface area (Å²) in [5.41, 5.74) is 2.23. The summed E-state index contributed by atoms with van der Waals surface area (Å²) in [6.07, 6.45) is 1.34. The smallest absolute Gasteiger partial charge is 0.196 e. The topological polar surface area (TPSA) is 63.2 Å². The van der Waals surface area contributed by atoms with E-state index < -0.39 is 0 Å². The first kappa shape index (κ1) is 14.3. The Morgan fingerprint density at radius 2 is 1.64 bits per heavy atom. The van der Waals surface area contributed by atoms with Crippen LogP contribution in [-0.4, -0.2) is 23.3 Å². The molecule has 1 aliphatic carbocycles. The molecule has 3 rings (SSSR count). The summed E-state index contributed by atoms with van der Waals surface area (Å²) in [5, 5.41) is 0. The minimum Gasteiger partial charge on any atom is -0.329 e. The monoisotopic (exact) mass is 309 g/mol. The molecule has 0 saturated heterocycles. The molecule has 0 bridgehead atoms. The van der Waals surface area contributed by atoms with Crippen molar-refractivity contribution >= 4 is 35.1 Å². The number of nitrogens with one attached hydrogen (secondary N) is 1. The first-order valence-electron chi connectivity index (χ1n) is 6.62. The van der Waals surface area contributed by atoms with E-state index in [9.17, 15) is 14.4 Å². The van der Waals surface area contributed by atoms with Crippen LogP contribution in [0, 0.1) is 0 Å². The van der Waals surface area contributed by atoms with Crippen molar-refractivity contribution < 1.29 is 14.4 Å². The Balaban J connectivity index is 2.03. The maximum absolute atomic E-state index is 12.7. The normalized spacial score (nSPS) is 12.2. The molecular formula is C17H11NO3S. The number of benzene rings is 2. The fraction of sp³-hybridized carbons (Fsp3) is 0.0588. The third-order valence-corrected chi connectivity index (χ3v) is 4.08. The Morgan fingerprint density at radius 3 is 2.36 bits per heavy atom. The quantitative estimate of drug-likeness (QED) is 0.456. The predicted molar refractivity (Wildman–Crippen MR) is 86.1 cm³/mol. The van der Waals surface area contributed by atoms with Gasteiger partial charge in [-0.3, -0.25) is 9.59 Å². The van der Waals surface area contributed by atoms with Gasteiger partial charge < -0.3 is 4.72 Å². The van der Waals surface area contributed by atoms with E-state index in [-0.39, 0.29) is 11.6 Å². The van der Waals surface area contributed by atoms with E-state index in [1.165, 1.54) is 18.0 Å². The molecule has 2 aromatic carbocycles.